The second-order valence-corrected chi connectivity index (χ2v) is 8.66. The molecule has 31 heavy (non-hydrogen) atoms. The van der Waals surface area contributed by atoms with E-state index >= 15 is 0 Å². The van der Waals surface area contributed by atoms with Gasteiger partial charge < -0.3 is 9.64 Å². The summed E-state index contributed by atoms with van der Waals surface area (Å²) in [5, 5.41) is 0. The van der Waals surface area contributed by atoms with Gasteiger partial charge in [-0.15, -0.1) is 0 Å². The Labute approximate surface area is 179 Å². The van der Waals surface area contributed by atoms with E-state index in [1.165, 1.54) is 0 Å². The van der Waals surface area contributed by atoms with Crippen LogP contribution >= 0.6 is 0 Å². The van der Waals surface area contributed by atoms with Crippen LogP contribution in [0.2, 0.25) is 0 Å². The van der Waals surface area contributed by atoms with Crippen LogP contribution in [0.25, 0.3) is 11.3 Å². The Hall–Kier alpha value is -3.54. The summed E-state index contributed by atoms with van der Waals surface area (Å²) < 4.78 is 5.81. The molecule has 1 unspecified atom stereocenters. The molecule has 4 heterocycles. The van der Waals surface area contributed by atoms with Crippen LogP contribution in [0.3, 0.4) is 0 Å². The average Bonchev–Trinajstić information content (AvgIpc) is 3.46. The van der Waals surface area contributed by atoms with Crippen LogP contribution in [-0.2, 0) is 20.5 Å². The lowest BCUT2D eigenvalue weighted by molar-refractivity contribution is -0.134. The van der Waals surface area contributed by atoms with Crippen LogP contribution in [0, 0.1) is 0 Å². The average molecular weight is 411 g/mol. The molecule has 1 aromatic carbocycles. The summed E-state index contributed by atoms with van der Waals surface area (Å²) in [6.07, 6.45) is 7.61. The maximum absolute atomic E-state index is 13.6. The van der Waals surface area contributed by atoms with Crippen molar-refractivity contribution in [2.24, 2.45) is 0 Å². The van der Waals surface area contributed by atoms with Crippen LogP contribution < -0.4 is 0 Å². The van der Waals surface area contributed by atoms with Crippen molar-refractivity contribution >= 4 is 11.9 Å². The normalized spacial score (nSPS) is 23.0. The molecular formula is C25H21N3O3. The maximum Gasteiger partial charge on any atom is 0.339 e. The fraction of sp³-hybridized carbons (Fsp3) is 0.280. The number of benzene rings is 1. The fourth-order valence-electron chi connectivity index (χ4n) is 5.02. The molecule has 1 atom stereocenters. The van der Waals surface area contributed by atoms with Gasteiger partial charge in [-0.25, -0.2) is 4.79 Å². The molecule has 2 aliphatic heterocycles. The molecule has 154 valence electrons. The summed E-state index contributed by atoms with van der Waals surface area (Å²) in [4.78, 5) is 36.5. The first-order chi connectivity index (χ1) is 15.1. The van der Waals surface area contributed by atoms with Crippen LogP contribution in [-0.4, -0.2) is 39.8 Å². The Bertz CT molecular complexity index is 1190. The van der Waals surface area contributed by atoms with E-state index in [0.29, 0.717) is 25.1 Å². The van der Waals surface area contributed by atoms with Gasteiger partial charge in [-0.05, 0) is 42.7 Å². The molecule has 1 amide bonds. The van der Waals surface area contributed by atoms with Crippen molar-refractivity contribution in [2.45, 2.75) is 30.3 Å². The third-order valence-electron chi connectivity index (χ3n) is 6.88. The maximum atomic E-state index is 13.6. The monoisotopic (exact) mass is 411 g/mol. The van der Waals surface area contributed by atoms with Crippen LogP contribution in [0.1, 0.15) is 40.7 Å². The zero-order chi connectivity index (χ0) is 21.1. The molecule has 1 aliphatic carbocycles. The molecule has 2 aromatic heterocycles. The highest BCUT2D eigenvalue weighted by Crippen LogP contribution is 2.52. The molecule has 1 spiro atoms. The summed E-state index contributed by atoms with van der Waals surface area (Å²) in [5.41, 5.74) is 3.06. The third kappa shape index (κ3) is 2.71. The molecule has 3 aliphatic rings. The molecular weight excluding hydrogens is 390 g/mol. The Kier molecular flexibility index (Phi) is 3.81. The van der Waals surface area contributed by atoms with Crippen LogP contribution in [0.5, 0.6) is 0 Å². The molecule has 1 saturated heterocycles. The van der Waals surface area contributed by atoms with Gasteiger partial charge in [0.15, 0.2) is 5.60 Å². The highest BCUT2D eigenvalue weighted by atomic mass is 16.6. The van der Waals surface area contributed by atoms with Crippen molar-refractivity contribution in [3.05, 3.63) is 83.8 Å². The lowest BCUT2D eigenvalue weighted by Crippen LogP contribution is -2.40. The summed E-state index contributed by atoms with van der Waals surface area (Å²) >= 11 is 0. The van der Waals surface area contributed by atoms with Crippen molar-refractivity contribution in [1.82, 2.24) is 14.9 Å². The molecule has 6 heteroatoms. The predicted molar refractivity (Wildman–Crippen MR) is 113 cm³/mol. The van der Waals surface area contributed by atoms with Crippen LogP contribution in [0.15, 0.2) is 67.1 Å². The molecule has 1 saturated carbocycles. The van der Waals surface area contributed by atoms with Crippen molar-refractivity contribution in [3.8, 4) is 11.3 Å². The molecule has 6 nitrogen and oxygen atoms in total. The van der Waals surface area contributed by atoms with E-state index in [1.807, 2.05) is 53.6 Å². The number of nitrogens with zero attached hydrogens (tertiary/aromatic N) is 3. The highest BCUT2D eigenvalue weighted by molar-refractivity contribution is 5.96. The predicted octanol–water partition coefficient (Wildman–Crippen LogP) is 3.47. The van der Waals surface area contributed by atoms with Crippen molar-refractivity contribution in [3.63, 3.8) is 0 Å². The van der Waals surface area contributed by atoms with Gasteiger partial charge in [0, 0.05) is 42.7 Å². The summed E-state index contributed by atoms with van der Waals surface area (Å²) in [6.45, 7) is 1.00. The first-order valence-corrected chi connectivity index (χ1v) is 10.6. The summed E-state index contributed by atoms with van der Waals surface area (Å²) in [6, 6.07) is 15.3. The van der Waals surface area contributed by atoms with Gasteiger partial charge in [-0.3, -0.25) is 14.8 Å². The molecule has 2 fully saturated rings. The van der Waals surface area contributed by atoms with E-state index in [4.69, 9.17) is 4.74 Å². The Morgan fingerprint density at radius 2 is 1.87 bits per heavy atom. The lowest BCUT2D eigenvalue weighted by Gasteiger charge is -2.26. The van der Waals surface area contributed by atoms with Gasteiger partial charge in [-0.1, -0.05) is 24.3 Å². The third-order valence-corrected chi connectivity index (χ3v) is 6.88. The van der Waals surface area contributed by atoms with Crippen molar-refractivity contribution < 1.29 is 14.3 Å². The number of fused-ring (bicyclic) bond motifs is 2. The number of amides is 1. The van der Waals surface area contributed by atoms with Gasteiger partial charge in [-0.2, -0.15) is 0 Å². The van der Waals surface area contributed by atoms with E-state index < -0.39 is 11.0 Å². The van der Waals surface area contributed by atoms with E-state index in [-0.39, 0.29) is 11.9 Å². The van der Waals surface area contributed by atoms with E-state index in [1.54, 1.807) is 18.5 Å². The Morgan fingerprint density at radius 3 is 2.61 bits per heavy atom. The van der Waals surface area contributed by atoms with E-state index in [9.17, 15) is 9.59 Å². The molecule has 6 rings (SSSR count). The zero-order valence-corrected chi connectivity index (χ0v) is 17.0. The van der Waals surface area contributed by atoms with Gasteiger partial charge in [0.1, 0.15) is 0 Å². The van der Waals surface area contributed by atoms with Gasteiger partial charge in [0.05, 0.1) is 23.2 Å². The minimum absolute atomic E-state index is 0.112. The number of carbonyl (C=O) groups is 2. The SMILES string of the molecule is O=C1OC2(CCN(C(=O)C3(c4ccc(-c5cccnc5)nc4)CC3)C2)c2ccccc21. The quantitative estimate of drug-likeness (QED) is 0.617. The molecule has 0 N–H and O–H groups in total. The number of likely N-dealkylation sites (tertiary alicyclic amines) is 1. The van der Waals surface area contributed by atoms with E-state index in [2.05, 4.69) is 9.97 Å². The highest BCUT2D eigenvalue weighted by Gasteiger charge is 2.57. The minimum atomic E-state index is -0.707. The fourth-order valence-corrected chi connectivity index (χ4v) is 5.02. The number of ether oxygens (including phenoxy) is 1. The Balaban J connectivity index is 1.25. The van der Waals surface area contributed by atoms with E-state index in [0.717, 1.165) is 35.2 Å². The smallest absolute Gasteiger partial charge is 0.339 e. The standard InChI is InChI=1S/C25H21N3O3/c29-22-19-5-1-2-6-20(19)25(31-22)11-13-28(16-25)23(30)24(9-10-24)18-7-8-21(27-15-18)17-4-3-12-26-14-17/h1-8,12,14-15H,9-11,13,16H2. The number of hydrogen-bond donors (Lipinski definition) is 0. The Morgan fingerprint density at radius 1 is 1.00 bits per heavy atom. The van der Waals surface area contributed by atoms with Gasteiger partial charge in [0.2, 0.25) is 5.91 Å². The summed E-state index contributed by atoms with van der Waals surface area (Å²) in [7, 11) is 0. The van der Waals surface area contributed by atoms with Crippen molar-refractivity contribution in [2.75, 3.05) is 13.1 Å². The summed E-state index contributed by atoms with van der Waals surface area (Å²) in [5.74, 6) is -0.179. The second kappa shape index (κ2) is 6.48. The number of rotatable bonds is 3. The first-order valence-electron chi connectivity index (χ1n) is 10.6. The second-order valence-electron chi connectivity index (χ2n) is 8.66. The topological polar surface area (TPSA) is 72.4 Å². The number of hydrogen-bond acceptors (Lipinski definition) is 5. The molecule has 3 aromatic rings. The van der Waals surface area contributed by atoms with Crippen molar-refractivity contribution in [1.29, 1.82) is 0 Å². The first kappa shape index (κ1) is 18.2. The minimum Gasteiger partial charge on any atom is -0.449 e. The number of pyridine rings is 2. The molecule has 0 radical (unpaired) electrons. The number of esters is 1. The van der Waals surface area contributed by atoms with Gasteiger partial charge in [0.25, 0.3) is 0 Å². The lowest BCUT2D eigenvalue weighted by atomic mass is 9.91. The van der Waals surface area contributed by atoms with Crippen LogP contribution in [0.4, 0.5) is 0 Å². The largest absolute Gasteiger partial charge is 0.449 e. The number of aromatic nitrogens is 2. The molecule has 0 bridgehead atoms. The zero-order valence-electron chi connectivity index (χ0n) is 17.0. The number of carbonyl (C=O) groups excluding carboxylic acids is 2. The van der Waals surface area contributed by atoms with Gasteiger partial charge >= 0.3 is 5.97 Å².